The Morgan fingerprint density at radius 1 is 1.89 bits per heavy atom. The number of nitrogens with one attached hydrogen (secondary N) is 1. The molecule has 3 N–H and O–H groups in total. The molecule has 0 aromatic carbocycles. The Morgan fingerprint density at radius 2 is 2.44 bits per heavy atom. The van der Waals surface area contributed by atoms with Crippen LogP contribution in [0.4, 0.5) is 0 Å². The van der Waals surface area contributed by atoms with Crippen LogP contribution in [0.25, 0.3) is 0 Å². The molecule has 1 amide bonds. The van der Waals surface area contributed by atoms with E-state index in [4.69, 9.17) is 5.73 Å². The van der Waals surface area contributed by atoms with Crippen LogP contribution in [0.3, 0.4) is 0 Å². The summed E-state index contributed by atoms with van der Waals surface area (Å²) in [7, 11) is 0. The molecule has 1 saturated carbocycles. The third-order valence-corrected chi connectivity index (χ3v) is 1.51. The summed E-state index contributed by atoms with van der Waals surface area (Å²) >= 11 is 0. The van der Waals surface area contributed by atoms with Crippen LogP contribution in [-0.4, -0.2) is 18.0 Å². The Balaban J connectivity index is 2.12. The van der Waals surface area contributed by atoms with Gasteiger partial charge in [-0.15, -0.1) is 0 Å². The lowest BCUT2D eigenvalue weighted by Gasteiger charge is -1.97. The molecule has 0 radical (unpaired) electrons. The summed E-state index contributed by atoms with van der Waals surface area (Å²) in [5.74, 6) is 0.105. The molecule has 0 heterocycles. The highest BCUT2D eigenvalue weighted by molar-refractivity contribution is 5.76. The fourth-order valence-electron chi connectivity index (χ4n) is 0.689. The Morgan fingerprint density at radius 3 is 2.78 bits per heavy atom. The molecule has 0 spiro atoms. The van der Waals surface area contributed by atoms with Crippen molar-refractivity contribution < 1.29 is 4.79 Å². The van der Waals surface area contributed by atoms with E-state index < -0.39 is 0 Å². The van der Waals surface area contributed by atoms with E-state index in [2.05, 4.69) is 5.32 Å². The molecular weight excluding hydrogens is 116 g/mol. The molecule has 1 unspecified atom stereocenters. The van der Waals surface area contributed by atoms with Crippen LogP contribution in [0.5, 0.6) is 0 Å². The Hall–Kier alpha value is -0.570. The number of hydrogen-bond acceptors (Lipinski definition) is 2. The van der Waals surface area contributed by atoms with Crippen molar-refractivity contribution in [2.24, 2.45) is 5.73 Å². The van der Waals surface area contributed by atoms with Crippen molar-refractivity contribution in [1.82, 2.24) is 5.32 Å². The Bertz CT molecular complexity index is 124. The van der Waals surface area contributed by atoms with Gasteiger partial charge in [0, 0.05) is 18.5 Å². The van der Waals surface area contributed by atoms with Gasteiger partial charge in [-0.25, -0.2) is 0 Å². The summed E-state index contributed by atoms with van der Waals surface area (Å²) < 4.78 is 0. The topological polar surface area (TPSA) is 55.1 Å². The zero-order valence-electron chi connectivity index (χ0n) is 5.55. The summed E-state index contributed by atoms with van der Waals surface area (Å²) in [5, 5.41) is 2.79. The van der Waals surface area contributed by atoms with Crippen LogP contribution in [0, 0.1) is 0 Å². The molecule has 0 saturated heterocycles. The maximum atomic E-state index is 10.6. The summed E-state index contributed by atoms with van der Waals surface area (Å²) in [5.41, 5.74) is 5.45. The first-order valence-electron chi connectivity index (χ1n) is 3.29. The first-order valence-corrected chi connectivity index (χ1v) is 3.29. The number of rotatable bonds is 2. The van der Waals surface area contributed by atoms with Crippen molar-refractivity contribution in [1.29, 1.82) is 0 Å². The molecule has 1 rings (SSSR count). The summed E-state index contributed by atoms with van der Waals surface area (Å²) in [6.45, 7) is 1.84. The lowest BCUT2D eigenvalue weighted by atomic mass is 10.4. The van der Waals surface area contributed by atoms with Crippen molar-refractivity contribution >= 4 is 5.91 Å². The first kappa shape index (κ1) is 6.55. The highest BCUT2D eigenvalue weighted by Gasteiger charge is 2.34. The van der Waals surface area contributed by atoms with Crippen LogP contribution in [-0.2, 0) is 4.79 Å². The third-order valence-electron chi connectivity index (χ3n) is 1.51. The fraction of sp³-hybridized carbons (Fsp3) is 0.833. The second kappa shape index (κ2) is 2.35. The van der Waals surface area contributed by atoms with Crippen molar-refractivity contribution in [3.63, 3.8) is 0 Å². The Kier molecular flexibility index (Phi) is 1.71. The molecule has 1 fully saturated rings. The lowest BCUT2D eigenvalue weighted by molar-refractivity contribution is -0.120. The van der Waals surface area contributed by atoms with Gasteiger partial charge >= 0.3 is 0 Å². The van der Waals surface area contributed by atoms with Gasteiger partial charge in [0.15, 0.2) is 0 Å². The quantitative estimate of drug-likeness (QED) is 0.532. The van der Waals surface area contributed by atoms with E-state index >= 15 is 0 Å². The van der Waals surface area contributed by atoms with E-state index in [0.29, 0.717) is 6.42 Å². The summed E-state index contributed by atoms with van der Waals surface area (Å²) in [4.78, 5) is 10.6. The molecule has 9 heavy (non-hydrogen) atoms. The Labute approximate surface area is 54.6 Å². The molecule has 0 aliphatic heterocycles. The van der Waals surface area contributed by atoms with E-state index in [9.17, 15) is 4.79 Å². The normalized spacial score (nSPS) is 31.8. The minimum Gasteiger partial charge on any atom is -0.352 e. The van der Waals surface area contributed by atoms with Gasteiger partial charge in [-0.1, -0.05) is 6.92 Å². The average Bonchev–Trinajstić information content (AvgIpc) is 2.47. The number of carbonyl (C=O) groups is 1. The van der Waals surface area contributed by atoms with E-state index in [0.717, 1.165) is 6.42 Å². The van der Waals surface area contributed by atoms with Gasteiger partial charge < -0.3 is 11.1 Å². The van der Waals surface area contributed by atoms with Gasteiger partial charge in [-0.05, 0) is 6.42 Å². The van der Waals surface area contributed by atoms with Crippen molar-refractivity contribution in [3.05, 3.63) is 0 Å². The molecule has 1 aliphatic carbocycles. The second-order valence-corrected chi connectivity index (χ2v) is 2.43. The lowest BCUT2D eigenvalue weighted by Crippen LogP contribution is -2.28. The molecule has 3 heteroatoms. The molecule has 0 aromatic rings. The molecule has 0 aromatic heterocycles. The van der Waals surface area contributed by atoms with Gasteiger partial charge in [-0.3, -0.25) is 4.79 Å². The number of amides is 1. The summed E-state index contributed by atoms with van der Waals surface area (Å²) in [6, 6.07) is 0.498. The van der Waals surface area contributed by atoms with E-state index in [1.807, 2.05) is 6.92 Å². The van der Waals surface area contributed by atoms with Crippen LogP contribution < -0.4 is 11.1 Å². The minimum atomic E-state index is 0.105. The number of hydrogen-bond donors (Lipinski definition) is 2. The van der Waals surface area contributed by atoms with Crippen LogP contribution in [0.1, 0.15) is 19.8 Å². The largest absolute Gasteiger partial charge is 0.352 e. The van der Waals surface area contributed by atoms with Crippen LogP contribution in [0.15, 0.2) is 0 Å². The van der Waals surface area contributed by atoms with Crippen molar-refractivity contribution in [3.8, 4) is 0 Å². The minimum absolute atomic E-state index is 0.105. The predicted molar refractivity (Wildman–Crippen MR) is 34.8 cm³/mol. The predicted octanol–water partition coefficient (Wildman–Crippen LogP) is -0.388. The zero-order valence-corrected chi connectivity index (χ0v) is 5.55. The second-order valence-electron chi connectivity index (χ2n) is 2.43. The zero-order chi connectivity index (χ0) is 6.85. The molecule has 1 aliphatic rings. The number of nitrogens with two attached hydrogens (primary N) is 1. The average molecular weight is 128 g/mol. The van der Waals surface area contributed by atoms with E-state index in [1.165, 1.54) is 0 Å². The maximum Gasteiger partial charge on any atom is 0.219 e. The standard InChI is InChI=1S/C6H12N2O/c1-2-6(9)8-5-3-4(5)7/h4-5H,2-3,7H2,1H3,(H,8,9)/t4-,5?/m0/s1. The van der Waals surface area contributed by atoms with Gasteiger partial charge in [-0.2, -0.15) is 0 Å². The molecule has 2 atom stereocenters. The van der Waals surface area contributed by atoms with Gasteiger partial charge in [0.2, 0.25) is 5.91 Å². The van der Waals surface area contributed by atoms with Gasteiger partial charge in [0.05, 0.1) is 0 Å². The highest BCUT2D eigenvalue weighted by Crippen LogP contribution is 2.17. The molecule has 0 bridgehead atoms. The van der Waals surface area contributed by atoms with Gasteiger partial charge in [0.1, 0.15) is 0 Å². The number of carbonyl (C=O) groups excluding carboxylic acids is 1. The molecule has 52 valence electrons. The molecular formula is C6H12N2O. The maximum absolute atomic E-state index is 10.6. The van der Waals surface area contributed by atoms with Crippen LogP contribution >= 0.6 is 0 Å². The van der Waals surface area contributed by atoms with Crippen LogP contribution in [0.2, 0.25) is 0 Å². The summed E-state index contributed by atoms with van der Waals surface area (Å²) in [6.07, 6.45) is 1.51. The smallest absolute Gasteiger partial charge is 0.219 e. The molecule has 3 nitrogen and oxygen atoms in total. The SMILES string of the molecule is CCC(=O)NC1C[C@@H]1N. The van der Waals surface area contributed by atoms with Crippen molar-refractivity contribution in [2.75, 3.05) is 0 Å². The fourth-order valence-corrected chi connectivity index (χ4v) is 0.689. The van der Waals surface area contributed by atoms with E-state index in [1.54, 1.807) is 0 Å². The van der Waals surface area contributed by atoms with E-state index in [-0.39, 0.29) is 18.0 Å². The first-order chi connectivity index (χ1) is 4.24. The third kappa shape index (κ3) is 1.68. The van der Waals surface area contributed by atoms with Gasteiger partial charge in [0.25, 0.3) is 0 Å². The van der Waals surface area contributed by atoms with Crippen molar-refractivity contribution in [2.45, 2.75) is 31.8 Å². The highest BCUT2D eigenvalue weighted by atomic mass is 16.1. The monoisotopic (exact) mass is 128 g/mol.